The molecule has 6 nitrogen and oxygen atoms in total. The molecule has 132 valence electrons. The van der Waals surface area contributed by atoms with Crippen LogP contribution in [0.5, 0.6) is 0 Å². The van der Waals surface area contributed by atoms with E-state index >= 15 is 0 Å². The lowest BCUT2D eigenvalue weighted by Crippen LogP contribution is -2.51. The number of carbonyl (C=O) groups excluding carboxylic acids is 1. The van der Waals surface area contributed by atoms with E-state index in [4.69, 9.17) is 9.47 Å². The molecule has 0 aromatic heterocycles. The minimum absolute atomic E-state index is 0.375. The van der Waals surface area contributed by atoms with Crippen molar-refractivity contribution in [3.05, 3.63) is 35.9 Å². The number of amides is 1. The molecule has 6 heteroatoms. The van der Waals surface area contributed by atoms with Crippen LogP contribution in [0.2, 0.25) is 0 Å². The van der Waals surface area contributed by atoms with Crippen LogP contribution in [0.1, 0.15) is 40.2 Å². The van der Waals surface area contributed by atoms with Gasteiger partial charge in [0.15, 0.2) is 6.10 Å². The lowest BCUT2D eigenvalue weighted by Gasteiger charge is -2.35. The smallest absolute Gasteiger partial charge is 0.412 e. The maximum absolute atomic E-state index is 12.7. The molecular formula is C18H25NO5. The molecule has 1 aromatic rings. The quantitative estimate of drug-likeness (QED) is 0.919. The van der Waals surface area contributed by atoms with E-state index in [-0.39, 0.29) is 0 Å². The Bertz CT molecular complexity index is 606. The molecule has 1 aromatic carbocycles. The van der Waals surface area contributed by atoms with Gasteiger partial charge in [-0.2, -0.15) is 0 Å². The number of ether oxygens (including phenoxy) is 2. The SMILES string of the molecule is CC(C)(C)OC(=O)N1[C@H](Cc2ccccc2)[C@H](C(=O)O)OC1(C)C. The molecule has 24 heavy (non-hydrogen) atoms. The Hall–Kier alpha value is -2.08. The molecule has 1 fully saturated rings. The monoisotopic (exact) mass is 335 g/mol. The van der Waals surface area contributed by atoms with Crippen LogP contribution < -0.4 is 0 Å². The van der Waals surface area contributed by atoms with Crippen LogP contribution in [-0.4, -0.2) is 45.5 Å². The van der Waals surface area contributed by atoms with E-state index in [1.165, 1.54) is 4.90 Å². The number of hydrogen-bond acceptors (Lipinski definition) is 4. The van der Waals surface area contributed by atoms with Gasteiger partial charge in [0.05, 0.1) is 6.04 Å². The molecule has 2 rings (SSSR count). The second kappa shape index (κ2) is 6.43. The lowest BCUT2D eigenvalue weighted by atomic mass is 10.0. The van der Waals surface area contributed by atoms with E-state index < -0.39 is 35.5 Å². The van der Waals surface area contributed by atoms with E-state index in [0.717, 1.165) is 5.56 Å². The predicted octanol–water partition coefficient (Wildman–Crippen LogP) is 3.05. The van der Waals surface area contributed by atoms with Gasteiger partial charge in [-0.1, -0.05) is 30.3 Å². The van der Waals surface area contributed by atoms with Gasteiger partial charge < -0.3 is 14.6 Å². The van der Waals surface area contributed by atoms with Gasteiger partial charge in [-0.05, 0) is 46.6 Å². The average Bonchev–Trinajstić information content (AvgIpc) is 2.69. The zero-order valence-electron chi connectivity index (χ0n) is 14.8. The van der Waals surface area contributed by atoms with Crippen LogP contribution in [0.4, 0.5) is 4.79 Å². The van der Waals surface area contributed by atoms with Gasteiger partial charge in [0, 0.05) is 0 Å². The zero-order valence-corrected chi connectivity index (χ0v) is 14.8. The number of carboxylic acid groups (broad SMARTS) is 1. The summed E-state index contributed by atoms with van der Waals surface area (Å²) < 4.78 is 11.1. The number of benzene rings is 1. The fourth-order valence-corrected chi connectivity index (χ4v) is 2.92. The Morgan fingerprint density at radius 2 is 1.83 bits per heavy atom. The van der Waals surface area contributed by atoms with Crippen LogP contribution in [0.25, 0.3) is 0 Å². The fraction of sp³-hybridized carbons (Fsp3) is 0.556. The number of nitrogens with zero attached hydrogens (tertiary/aromatic N) is 1. The highest BCUT2D eigenvalue weighted by Crippen LogP contribution is 2.35. The summed E-state index contributed by atoms with van der Waals surface area (Å²) in [6.45, 7) is 8.68. The van der Waals surface area contributed by atoms with Crippen LogP contribution >= 0.6 is 0 Å². The van der Waals surface area contributed by atoms with Gasteiger partial charge in [0.25, 0.3) is 0 Å². The number of rotatable bonds is 3. The Labute approximate surface area is 142 Å². The second-order valence-corrected chi connectivity index (χ2v) is 7.43. The molecule has 0 radical (unpaired) electrons. The summed E-state index contributed by atoms with van der Waals surface area (Å²) in [5, 5.41) is 9.52. The summed E-state index contributed by atoms with van der Waals surface area (Å²) in [4.78, 5) is 25.7. The largest absolute Gasteiger partial charge is 0.479 e. The van der Waals surface area contributed by atoms with Crippen molar-refractivity contribution in [1.29, 1.82) is 0 Å². The van der Waals surface area contributed by atoms with Crippen molar-refractivity contribution < 1.29 is 24.2 Å². The van der Waals surface area contributed by atoms with Gasteiger partial charge in [0.2, 0.25) is 0 Å². The average molecular weight is 335 g/mol. The van der Waals surface area contributed by atoms with E-state index in [9.17, 15) is 14.7 Å². The molecule has 0 bridgehead atoms. The normalized spacial score (nSPS) is 23.1. The van der Waals surface area contributed by atoms with Crippen molar-refractivity contribution in [2.45, 2.75) is 64.5 Å². The molecule has 2 atom stereocenters. The maximum atomic E-state index is 12.7. The van der Waals surface area contributed by atoms with Gasteiger partial charge >= 0.3 is 12.1 Å². The summed E-state index contributed by atoms with van der Waals surface area (Å²) in [5.41, 5.74) is -0.806. The summed E-state index contributed by atoms with van der Waals surface area (Å²) >= 11 is 0. The molecule has 1 amide bonds. The molecule has 0 spiro atoms. The molecule has 1 aliphatic rings. The first kappa shape index (κ1) is 18.3. The van der Waals surface area contributed by atoms with E-state index in [1.54, 1.807) is 34.6 Å². The predicted molar refractivity (Wildman–Crippen MR) is 88.6 cm³/mol. The first-order chi connectivity index (χ1) is 11.0. The third-order valence-corrected chi connectivity index (χ3v) is 3.80. The molecular weight excluding hydrogens is 310 g/mol. The Morgan fingerprint density at radius 3 is 2.33 bits per heavy atom. The summed E-state index contributed by atoms with van der Waals surface area (Å²) in [6.07, 6.45) is -1.30. The highest BCUT2D eigenvalue weighted by molar-refractivity contribution is 5.77. The number of aliphatic carboxylic acids is 1. The van der Waals surface area contributed by atoms with Gasteiger partial charge in [-0.15, -0.1) is 0 Å². The van der Waals surface area contributed by atoms with Crippen molar-refractivity contribution in [2.24, 2.45) is 0 Å². The molecule has 0 aliphatic carbocycles. The Balaban J connectivity index is 2.34. The lowest BCUT2D eigenvalue weighted by molar-refractivity contribution is -0.155. The molecule has 0 saturated carbocycles. The van der Waals surface area contributed by atoms with Crippen molar-refractivity contribution in [3.8, 4) is 0 Å². The fourth-order valence-electron chi connectivity index (χ4n) is 2.92. The third-order valence-electron chi connectivity index (χ3n) is 3.80. The van der Waals surface area contributed by atoms with Crippen molar-refractivity contribution in [3.63, 3.8) is 0 Å². The standard InChI is InChI=1S/C18H25NO5/c1-17(2,3)24-16(22)19-13(11-12-9-7-6-8-10-12)14(15(20)21)23-18(19,4)5/h6-10,13-14H,11H2,1-5H3,(H,20,21)/t13-,14-/m1/s1. The topological polar surface area (TPSA) is 76.1 Å². The molecule has 1 aliphatic heterocycles. The Kier molecular flexibility index (Phi) is 4.90. The van der Waals surface area contributed by atoms with Crippen molar-refractivity contribution in [2.75, 3.05) is 0 Å². The maximum Gasteiger partial charge on any atom is 0.412 e. The van der Waals surface area contributed by atoms with Crippen LogP contribution in [0.3, 0.4) is 0 Å². The summed E-state index contributed by atoms with van der Waals surface area (Å²) in [6, 6.07) is 8.80. The molecule has 1 saturated heterocycles. The summed E-state index contributed by atoms with van der Waals surface area (Å²) in [7, 11) is 0. The highest BCUT2D eigenvalue weighted by atomic mass is 16.6. The third kappa shape index (κ3) is 4.06. The number of carbonyl (C=O) groups is 2. The van der Waals surface area contributed by atoms with Crippen molar-refractivity contribution in [1.82, 2.24) is 4.90 Å². The molecule has 0 unspecified atom stereocenters. The van der Waals surface area contributed by atoms with E-state index in [0.29, 0.717) is 6.42 Å². The highest BCUT2D eigenvalue weighted by Gasteiger charge is 2.53. The van der Waals surface area contributed by atoms with E-state index in [2.05, 4.69) is 0 Å². The zero-order chi connectivity index (χ0) is 18.1. The second-order valence-electron chi connectivity index (χ2n) is 7.43. The van der Waals surface area contributed by atoms with Crippen molar-refractivity contribution >= 4 is 12.1 Å². The number of hydrogen-bond donors (Lipinski definition) is 1. The molecule has 1 heterocycles. The van der Waals surface area contributed by atoms with Gasteiger partial charge in [0.1, 0.15) is 11.3 Å². The van der Waals surface area contributed by atoms with Crippen LogP contribution in [-0.2, 0) is 20.7 Å². The van der Waals surface area contributed by atoms with Gasteiger partial charge in [-0.25, -0.2) is 9.59 Å². The van der Waals surface area contributed by atoms with Gasteiger partial charge in [-0.3, -0.25) is 4.90 Å². The molecule has 1 N–H and O–H groups in total. The summed E-state index contributed by atoms with van der Waals surface area (Å²) in [5.74, 6) is -1.09. The van der Waals surface area contributed by atoms with E-state index in [1.807, 2.05) is 30.3 Å². The first-order valence-corrected chi connectivity index (χ1v) is 7.98. The first-order valence-electron chi connectivity index (χ1n) is 7.98. The minimum atomic E-state index is -1.10. The Morgan fingerprint density at radius 1 is 1.25 bits per heavy atom. The van der Waals surface area contributed by atoms with Crippen LogP contribution in [0, 0.1) is 0 Å². The number of carboxylic acids is 1. The minimum Gasteiger partial charge on any atom is -0.479 e. The van der Waals surface area contributed by atoms with Crippen LogP contribution in [0.15, 0.2) is 30.3 Å².